The number of benzene rings is 1. The van der Waals surface area contributed by atoms with Crippen LogP contribution < -0.4 is 4.90 Å². The largest absolute Gasteiger partial charge is 0.388 e. The number of methoxy groups -OCH3 is 1. The molecule has 0 bridgehead atoms. The SMILES string of the molecule is COCC(O)[C@@]1(O)CC[C@H]2[C@@H]3CC[C@@]4(O)CC5(CCC4=C3[C@@H](c3ccc(N(C)C)cc3)C[C@@]21C)OCCO5. The molecule has 210 valence electrons. The molecule has 6 rings (SSSR count). The van der Waals surface area contributed by atoms with Crippen LogP contribution in [0.5, 0.6) is 0 Å². The van der Waals surface area contributed by atoms with Gasteiger partial charge in [0.1, 0.15) is 6.10 Å². The van der Waals surface area contributed by atoms with Gasteiger partial charge in [-0.25, -0.2) is 0 Å². The molecule has 3 N–H and O–H groups in total. The number of hydrogen-bond acceptors (Lipinski definition) is 7. The molecule has 1 heterocycles. The van der Waals surface area contributed by atoms with Crippen molar-refractivity contribution in [2.75, 3.05) is 45.9 Å². The highest BCUT2D eigenvalue weighted by molar-refractivity contribution is 5.50. The summed E-state index contributed by atoms with van der Waals surface area (Å²) in [5, 5.41) is 35.4. The van der Waals surface area contributed by atoms with Crippen molar-refractivity contribution in [1.82, 2.24) is 0 Å². The Bertz CT molecular complexity index is 1080. The van der Waals surface area contributed by atoms with Crippen LogP contribution in [0.2, 0.25) is 0 Å². The van der Waals surface area contributed by atoms with Gasteiger partial charge in [0.2, 0.25) is 0 Å². The summed E-state index contributed by atoms with van der Waals surface area (Å²) in [6.07, 6.45) is 4.84. The van der Waals surface area contributed by atoms with Gasteiger partial charge in [-0.2, -0.15) is 0 Å². The molecular formula is C31H45NO6. The molecule has 1 unspecified atom stereocenters. The van der Waals surface area contributed by atoms with Crippen LogP contribution in [0.3, 0.4) is 0 Å². The number of anilines is 1. The first-order valence-corrected chi connectivity index (χ1v) is 14.5. The molecule has 1 spiro atoms. The van der Waals surface area contributed by atoms with Crippen LogP contribution in [0.15, 0.2) is 35.4 Å². The third-order valence-electron chi connectivity index (χ3n) is 11.1. The molecule has 7 heteroatoms. The van der Waals surface area contributed by atoms with E-state index in [-0.39, 0.29) is 24.4 Å². The summed E-state index contributed by atoms with van der Waals surface area (Å²) in [7, 11) is 5.67. The van der Waals surface area contributed by atoms with Gasteiger partial charge in [0.05, 0.1) is 31.0 Å². The van der Waals surface area contributed by atoms with Crippen molar-refractivity contribution in [2.24, 2.45) is 17.3 Å². The Hall–Kier alpha value is -1.48. The fourth-order valence-corrected chi connectivity index (χ4v) is 9.20. The maximum absolute atomic E-state index is 12.2. The Morgan fingerprint density at radius 1 is 1.05 bits per heavy atom. The van der Waals surface area contributed by atoms with Gasteiger partial charge in [-0.05, 0) is 73.6 Å². The van der Waals surface area contributed by atoms with Crippen molar-refractivity contribution in [3.8, 4) is 0 Å². The minimum Gasteiger partial charge on any atom is -0.388 e. The van der Waals surface area contributed by atoms with E-state index in [1.807, 2.05) is 14.1 Å². The topological polar surface area (TPSA) is 91.6 Å². The summed E-state index contributed by atoms with van der Waals surface area (Å²) in [4.78, 5) is 2.10. The Morgan fingerprint density at radius 2 is 1.76 bits per heavy atom. The molecule has 1 saturated heterocycles. The predicted octanol–water partition coefficient (Wildman–Crippen LogP) is 3.76. The van der Waals surface area contributed by atoms with Gasteiger partial charge in [0.25, 0.3) is 0 Å². The zero-order valence-electron chi connectivity index (χ0n) is 23.4. The van der Waals surface area contributed by atoms with Crippen LogP contribution in [-0.4, -0.2) is 79.4 Å². The first kappa shape index (κ1) is 26.7. The van der Waals surface area contributed by atoms with E-state index in [0.717, 1.165) is 37.8 Å². The van der Waals surface area contributed by atoms with E-state index in [9.17, 15) is 15.3 Å². The van der Waals surface area contributed by atoms with Gasteiger partial charge in [0, 0.05) is 51.1 Å². The summed E-state index contributed by atoms with van der Waals surface area (Å²) in [5.74, 6) is -0.0719. The minimum absolute atomic E-state index is 0.0677. The zero-order valence-corrected chi connectivity index (χ0v) is 23.4. The molecular weight excluding hydrogens is 482 g/mol. The average Bonchev–Trinajstić information content (AvgIpc) is 3.45. The summed E-state index contributed by atoms with van der Waals surface area (Å²) in [6, 6.07) is 8.76. The molecule has 0 aromatic heterocycles. The zero-order chi connectivity index (χ0) is 26.9. The fraction of sp³-hybridized carbons (Fsp3) is 0.742. The predicted molar refractivity (Wildman–Crippen MR) is 145 cm³/mol. The lowest BCUT2D eigenvalue weighted by atomic mass is 9.49. The monoisotopic (exact) mass is 527 g/mol. The number of aliphatic hydroxyl groups is 3. The lowest BCUT2D eigenvalue weighted by molar-refractivity contribution is -0.209. The Morgan fingerprint density at radius 3 is 2.42 bits per heavy atom. The van der Waals surface area contributed by atoms with E-state index in [0.29, 0.717) is 32.5 Å². The molecule has 1 aromatic rings. The minimum atomic E-state index is -1.21. The number of fused-ring (bicyclic) bond motifs is 4. The molecule has 0 amide bonds. The van der Waals surface area contributed by atoms with E-state index in [1.54, 1.807) is 7.11 Å². The van der Waals surface area contributed by atoms with Crippen LogP contribution in [0.4, 0.5) is 5.69 Å². The second-order valence-electron chi connectivity index (χ2n) is 13.1. The highest BCUT2D eigenvalue weighted by Gasteiger charge is 2.66. The van der Waals surface area contributed by atoms with E-state index in [2.05, 4.69) is 36.1 Å². The van der Waals surface area contributed by atoms with Gasteiger partial charge in [-0.15, -0.1) is 0 Å². The average molecular weight is 528 g/mol. The first-order valence-electron chi connectivity index (χ1n) is 14.5. The Labute approximate surface area is 226 Å². The lowest BCUT2D eigenvalue weighted by Gasteiger charge is -2.58. The smallest absolute Gasteiger partial charge is 0.171 e. The van der Waals surface area contributed by atoms with E-state index in [4.69, 9.17) is 14.2 Å². The quantitative estimate of drug-likeness (QED) is 0.502. The van der Waals surface area contributed by atoms with Crippen molar-refractivity contribution in [3.63, 3.8) is 0 Å². The summed E-state index contributed by atoms with van der Waals surface area (Å²) < 4.78 is 17.4. The van der Waals surface area contributed by atoms with Gasteiger partial charge >= 0.3 is 0 Å². The van der Waals surface area contributed by atoms with Crippen molar-refractivity contribution < 1.29 is 29.5 Å². The standard InChI is InChI=1S/C31H45NO6/c1-28-17-23(20-5-7-21(8-6-20)32(2)3)27-22(24(28)11-14-31(28,35)26(33)18-36-4)9-12-29(34)19-30(13-10-25(27)29)37-15-16-38-30/h5-8,22-24,26,33-35H,9-19H2,1-4H3/t22-,23+,24-,26?,28-,29+,31-/m0/s1. The van der Waals surface area contributed by atoms with Crippen molar-refractivity contribution >= 4 is 5.69 Å². The van der Waals surface area contributed by atoms with E-state index >= 15 is 0 Å². The van der Waals surface area contributed by atoms with Crippen LogP contribution >= 0.6 is 0 Å². The van der Waals surface area contributed by atoms with Crippen molar-refractivity contribution in [2.45, 2.75) is 87.3 Å². The van der Waals surface area contributed by atoms with Crippen LogP contribution in [-0.2, 0) is 14.2 Å². The molecule has 1 aliphatic heterocycles. The number of nitrogens with zero attached hydrogens (tertiary/aromatic N) is 1. The highest BCUT2D eigenvalue weighted by atomic mass is 16.7. The second kappa shape index (κ2) is 9.28. The van der Waals surface area contributed by atoms with Crippen LogP contribution in [0, 0.1) is 17.3 Å². The van der Waals surface area contributed by atoms with Crippen molar-refractivity contribution in [3.05, 3.63) is 41.0 Å². The normalized spacial score (nSPS) is 40.6. The molecule has 1 aromatic carbocycles. The number of hydrogen-bond donors (Lipinski definition) is 3. The fourth-order valence-electron chi connectivity index (χ4n) is 9.20. The number of rotatable bonds is 5. The maximum Gasteiger partial charge on any atom is 0.171 e. The number of ether oxygens (including phenoxy) is 3. The van der Waals surface area contributed by atoms with Crippen LogP contribution in [0.1, 0.15) is 69.8 Å². The molecule has 4 fully saturated rings. The third kappa shape index (κ3) is 3.84. The van der Waals surface area contributed by atoms with Crippen molar-refractivity contribution in [1.29, 1.82) is 0 Å². The Balaban J connectivity index is 1.46. The second-order valence-corrected chi connectivity index (χ2v) is 13.1. The van der Waals surface area contributed by atoms with Gasteiger partial charge < -0.3 is 34.4 Å². The summed E-state index contributed by atoms with van der Waals surface area (Å²) in [6.45, 7) is 3.51. The molecule has 4 aliphatic carbocycles. The number of aliphatic hydroxyl groups excluding tert-OH is 1. The molecule has 7 atom stereocenters. The highest BCUT2D eigenvalue weighted by Crippen LogP contribution is 2.68. The number of allylic oxidation sites excluding steroid dienone is 1. The van der Waals surface area contributed by atoms with E-state index < -0.39 is 28.5 Å². The first-order chi connectivity index (χ1) is 18.1. The Kier molecular flexibility index (Phi) is 6.53. The molecule has 7 nitrogen and oxygen atoms in total. The molecule has 0 radical (unpaired) electrons. The summed E-state index contributed by atoms with van der Waals surface area (Å²) >= 11 is 0. The molecule has 38 heavy (non-hydrogen) atoms. The van der Waals surface area contributed by atoms with Gasteiger partial charge in [-0.1, -0.05) is 24.6 Å². The maximum atomic E-state index is 12.2. The molecule has 3 saturated carbocycles. The third-order valence-corrected chi connectivity index (χ3v) is 11.1. The van der Waals surface area contributed by atoms with E-state index in [1.165, 1.54) is 16.7 Å². The van der Waals surface area contributed by atoms with Gasteiger partial charge in [0.15, 0.2) is 5.79 Å². The lowest BCUT2D eigenvalue weighted by Crippen LogP contribution is -2.59. The molecule has 5 aliphatic rings. The van der Waals surface area contributed by atoms with Gasteiger partial charge in [-0.3, -0.25) is 0 Å². The van der Waals surface area contributed by atoms with Crippen LogP contribution in [0.25, 0.3) is 0 Å². The summed E-state index contributed by atoms with van der Waals surface area (Å²) in [5.41, 5.74) is 2.35.